The normalized spacial score (nSPS) is 14.6. The molecule has 28 heavy (non-hydrogen) atoms. The first-order valence-corrected chi connectivity index (χ1v) is 9.00. The molecule has 0 amide bonds. The van der Waals surface area contributed by atoms with Crippen LogP contribution in [-0.4, -0.2) is 30.5 Å². The number of esters is 1. The van der Waals surface area contributed by atoms with Crippen molar-refractivity contribution in [2.45, 2.75) is 6.92 Å². The van der Waals surface area contributed by atoms with Crippen LogP contribution in [0.4, 0.5) is 5.69 Å². The molecule has 0 atom stereocenters. The van der Waals surface area contributed by atoms with E-state index >= 15 is 0 Å². The van der Waals surface area contributed by atoms with Gasteiger partial charge in [0.05, 0.1) is 23.1 Å². The fourth-order valence-electron chi connectivity index (χ4n) is 2.52. The molecule has 1 aliphatic heterocycles. The van der Waals surface area contributed by atoms with Crippen LogP contribution in [0.5, 0.6) is 11.5 Å². The standard InChI is InChI=1S/C19H15BrN2O6/c1-3-27-17-14(20)8-11(10-16(17)26-2)9-15-19(23)28-18(21-15)12-4-6-13(7-5-12)22(24)25/h4-10H,3H2,1-2H3/b15-9-. The molecule has 0 unspecified atom stereocenters. The quantitative estimate of drug-likeness (QED) is 0.286. The summed E-state index contributed by atoms with van der Waals surface area (Å²) in [5.74, 6) is 0.547. The highest BCUT2D eigenvalue weighted by Gasteiger charge is 2.25. The third-order valence-corrected chi connectivity index (χ3v) is 4.38. The molecular formula is C19H15BrN2O6. The highest BCUT2D eigenvalue weighted by molar-refractivity contribution is 9.10. The van der Waals surface area contributed by atoms with E-state index in [-0.39, 0.29) is 17.3 Å². The molecule has 0 aliphatic carbocycles. The number of ether oxygens (including phenoxy) is 3. The number of non-ortho nitro benzene ring substituents is 1. The van der Waals surface area contributed by atoms with Crippen LogP contribution in [0.3, 0.4) is 0 Å². The summed E-state index contributed by atoms with van der Waals surface area (Å²) in [7, 11) is 1.52. The molecule has 0 bridgehead atoms. The highest BCUT2D eigenvalue weighted by atomic mass is 79.9. The maximum Gasteiger partial charge on any atom is 0.363 e. The lowest BCUT2D eigenvalue weighted by Crippen LogP contribution is -2.05. The van der Waals surface area contributed by atoms with Gasteiger partial charge in [-0.2, -0.15) is 0 Å². The number of hydrogen-bond donors (Lipinski definition) is 0. The SMILES string of the molecule is CCOc1c(Br)cc(/C=C2\N=C(c3ccc([N+](=O)[O-])cc3)OC2=O)cc1OC. The van der Waals surface area contributed by atoms with E-state index in [0.29, 0.717) is 33.7 Å². The first-order chi connectivity index (χ1) is 13.4. The predicted octanol–water partition coefficient (Wildman–Crippen LogP) is 4.11. The van der Waals surface area contributed by atoms with E-state index in [4.69, 9.17) is 14.2 Å². The Kier molecular flexibility index (Phi) is 5.74. The number of benzene rings is 2. The average molecular weight is 447 g/mol. The Morgan fingerprint density at radius 3 is 2.61 bits per heavy atom. The van der Waals surface area contributed by atoms with Crippen molar-refractivity contribution in [2.24, 2.45) is 4.99 Å². The molecule has 3 rings (SSSR count). The lowest BCUT2D eigenvalue weighted by Gasteiger charge is -2.12. The van der Waals surface area contributed by atoms with Crippen molar-refractivity contribution in [3.05, 3.63) is 67.8 Å². The topological polar surface area (TPSA) is 100 Å². The number of rotatable bonds is 6. The van der Waals surface area contributed by atoms with Crippen molar-refractivity contribution in [1.29, 1.82) is 0 Å². The largest absolute Gasteiger partial charge is 0.493 e. The van der Waals surface area contributed by atoms with Crippen molar-refractivity contribution >= 4 is 39.6 Å². The molecule has 1 heterocycles. The Morgan fingerprint density at radius 2 is 2.00 bits per heavy atom. The summed E-state index contributed by atoms with van der Waals surface area (Å²) in [5, 5.41) is 10.7. The molecule has 0 N–H and O–H groups in total. The molecule has 1 aliphatic rings. The second kappa shape index (κ2) is 8.22. The first-order valence-electron chi connectivity index (χ1n) is 8.20. The first kappa shape index (κ1) is 19.6. The number of nitrogens with zero attached hydrogens (tertiary/aromatic N) is 2. The smallest absolute Gasteiger partial charge is 0.363 e. The van der Waals surface area contributed by atoms with Gasteiger partial charge in [-0.1, -0.05) is 0 Å². The molecule has 0 spiro atoms. The van der Waals surface area contributed by atoms with Gasteiger partial charge < -0.3 is 14.2 Å². The molecule has 0 fully saturated rings. The molecule has 0 radical (unpaired) electrons. The second-order valence-corrected chi connectivity index (χ2v) is 6.46. The maximum absolute atomic E-state index is 12.2. The van der Waals surface area contributed by atoms with E-state index in [9.17, 15) is 14.9 Å². The fraction of sp³-hybridized carbons (Fsp3) is 0.158. The zero-order valence-corrected chi connectivity index (χ0v) is 16.6. The highest BCUT2D eigenvalue weighted by Crippen LogP contribution is 2.37. The van der Waals surface area contributed by atoms with Gasteiger partial charge in [-0.05, 0) is 58.8 Å². The Labute approximate surface area is 168 Å². The van der Waals surface area contributed by atoms with E-state index in [1.54, 1.807) is 18.2 Å². The molecule has 2 aromatic carbocycles. The number of nitro benzene ring substituents is 1. The molecule has 0 aromatic heterocycles. The average Bonchev–Trinajstić information content (AvgIpc) is 3.04. The Morgan fingerprint density at radius 1 is 1.29 bits per heavy atom. The fourth-order valence-corrected chi connectivity index (χ4v) is 3.10. The lowest BCUT2D eigenvalue weighted by atomic mass is 10.1. The van der Waals surface area contributed by atoms with Gasteiger partial charge in [0.15, 0.2) is 17.2 Å². The molecule has 0 saturated heterocycles. The van der Waals surface area contributed by atoms with Gasteiger partial charge in [0.25, 0.3) is 5.69 Å². The molecule has 2 aromatic rings. The summed E-state index contributed by atoms with van der Waals surface area (Å²) in [6.07, 6.45) is 1.56. The summed E-state index contributed by atoms with van der Waals surface area (Å²) in [5.41, 5.74) is 1.17. The van der Waals surface area contributed by atoms with Crippen LogP contribution in [0.15, 0.2) is 51.6 Å². The van der Waals surface area contributed by atoms with E-state index in [1.165, 1.54) is 31.4 Å². The summed E-state index contributed by atoms with van der Waals surface area (Å²) >= 11 is 3.43. The second-order valence-electron chi connectivity index (χ2n) is 5.61. The van der Waals surface area contributed by atoms with Gasteiger partial charge in [0.1, 0.15) is 0 Å². The number of cyclic esters (lactones) is 1. The van der Waals surface area contributed by atoms with E-state index in [1.807, 2.05) is 6.92 Å². The van der Waals surface area contributed by atoms with Crippen LogP contribution in [0.2, 0.25) is 0 Å². The van der Waals surface area contributed by atoms with Gasteiger partial charge in [0.2, 0.25) is 5.90 Å². The van der Waals surface area contributed by atoms with Crippen LogP contribution >= 0.6 is 15.9 Å². The Bertz CT molecular complexity index is 998. The summed E-state index contributed by atoms with van der Waals surface area (Å²) in [6.45, 7) is 2.34. The van der Waals surface area contributed by atoms with Crippen molar-refractivity contribution in [2.75, 3.05) is 13.7 Å². The molecule has 0 saturated carbocycles. The minimum atomic E-state index is -0.614. The van der Waals surface area contributed by atoms with Gasteiger partial charge in [-0.15, -0.1) is 0 Å². The van der Waals surface area contributed by atoms with E-state index in [2.05, 4.69) is 20.9 Å². The lowest BCUT2D eigenvalue weighted by molar-refractivity contribution is -0.384. The third kappa shape index (κ3) is 4.04. The predicted molar refractivity (Wildman–Crippen MR) is 106 cm³/mol. The minimum Gasteiger partial charge on any atom is -0.493 e. The number of hydrogen-bond acceptors (Lipinski definition) is 7. The van der Waals surface area contributed by atoms with Crippen LogP contribution < -0.4 is 9.47 Å². The summed E-state index contributed by atoms with van der Waals surface area (Å²) in [4.78, 5) is 26.6. The van der Waals surface area contributed by atoms with Crippen LogP contribution in [0.25, 0.3) is 6.08 Å². The maximum atomic E-state index is 12.2. The monoisotopic (exact) mass is 446 g/mol. The van der Waals surface area contributed by atoms with Crippen LogP contribution in [0.1, 0.15) is 18.1 Å². The van der Waals surface area contributed by atoms with Crippen molar-refractivity contribution in [3.8, 4) is 11.5 Å². The van der Waals surface area contributed by atoms with E-state index < -0.39 is 10.9 Å². The van der Waals surface area contributed by atoms with Gasteiger partial charge >= 0.3 is 5.97 Å². The molecule has 9 heteroatoms. The third-order valence-electron chi connectivity index (χ3n) is 3.79. The van der Waals surface area contributed by atoms with Gasteiger partial charge in [-0.3, -0.25) is 10.1 Å². The van der Waals surface area contributed by atoms with E-state index in [0.717, 1.165) is 0 Å². The van der Waals surface area contributed by atoms with Crippen molar-refractivity contribution in [1.82, 2.24) is 0 Å². The van der Waals surface area contributed by atoms with Gasteiger partial charge in [-0.25, -0.2) is 9.79 Å². The summed E-state index contributed by atoms with van der Waals surface area (Å²) in [6, 6.07) is 9.08. The zero-order chi connectivity index (χ0) is 20.3. The van der Waals surface area contributed by atoms with Crippen LogP contribution in [0, 0.1) is 10.1 Å². The molecule has 8 nitrogen and oxygen atoms in total. The Balaban J connectivity index is 1.93. The number of methoxy groups -OCH3 is 1. The number of nitro groups is 1. The number of carbonyl (C=O) groups excluding carboxylic acids is 1. The molecule has 144 valence electrons. The number of halogens is 1. The Hall–Kier alpha value is -3.20. The zero-order valence-electron chi connectivity index (χ0n) is 15.0. The number of aliphatic imine (C=N–C) groups is 1. The minimum absolute atomic E-state index is 0.0595. The summed E-state index contributed by atoms with van der Waals surface area (Å²) < 4.78 is 16.7. The molecular weight excluding hydrogens is 432 g/mol. The van der Waals surface area contributed by atoms with Crippen LogP contribution in [-0.2, 0) is 9.53 Å². The van der Waals surface area contributed by atoms with Crippen molar-refractivity contribution < 1.29 is 23.9 Å². The van der Waals surface area contributed by atoms with Crippen molar-refractivity contribution in [3.63, 3.8) is 0 Å². The van der Waals surface area contributed by atoms with Gasteiger partial charge in [0, 0.05) is 17.7 Å². The number of carbonyl (C=O) groups is 1.